The number of rotatable bonds is 5. The van der Waals surface area contributed by atoms with Crippen LogP contribution in [0, 0.1) is 13.8 Å². The third-order valence-corrected chi connectivity index (χ3v) is 5.36. The number of aryl methyl sites for hydroxylation is 2. The number of anilines is 3. The molecule has 0 saturated carbocycles. The Bertz CT molecular complexity index is 963. The van der Waals surface area contributed by atoms with Crippen LogP contribution in [-0.2, 0) is 10.0 Å². The summed E-state index contributed by atoms with van der Waals surface area (Å²) in [6.07, 6.45) is 1.44. The fourth-order valence-corrected chi connectivity index (χ4v) is 3.89. The first-order valence-electron chi connectivity index (χ1n) is 7.38. The predicted molar refractivity (Wildman–Crippen MR) is 97.8 cm³/mol. The third-order valence-electron chi connectivity index (χ3n) is 3.46. The van der Waals surface area contributed by atoms with E-state index in [2.05, 4.69) is 25.2 Å². The van der Waals surface area contributed by atoms with Crippen molar-refractivity contribution in [1.29, 1.82) is 0 Å². The van der Waals surface area contributed by atoms with Gasteiger partial charge in [0.05, 0.1) is 23.3 Å². The summed E-state index contributed by atoms with van der Waals surface area (Å²) >= 11 is 5.85. The van der Waals surface area contributed by atoms with E-state index < -0.39 is 10.0 Å². The molecule has 1 aromatic carbocycles. The second kappa shape index (κ2) is 6.73. The molecule has 0 saturated heterocycles. The van der Waals surface area contributed by atoms with Gasteiger partial charge in [0.15, 0.2) is 0 Å². The molecule has 0 unspecified atom stereocenters. The molecule has 7 nitrogen and oxygen atoms in total. The second-order valence-electron chi connectivity index (χ2n) is 5.43. The molecule has 0 fully saturated rings. The topological polar surface area (TPSA) is 99.8 Å². The van der Waals surface area contributed by atoms with Crippen LogP contribution < -0.4 is 10.0 Å². The Hall–Kier alpha value is -2.58. The maximum absolute atomic E-state index is 12.5. The number of sulfonamides is 1. The molecule has 9 heteroatoms. The largest absolute Gasteiger partial charge is 0.340 e. The van der Waals surface area contributed by atoms with Crippen LogP contribution in [0.15, 0.2) is 47.5 Å². The summed E-state index contributed by atoms with van der Waals surface area (Å²) in [5.74, 6) is 0.584. The Labute approximate surface area is 150 Å². The fourth-order valence-electron chi connectivity index (χ4n) is 2.35. The summed E-state index contributed by atoms with van der Waals surface area (Å²) in [4.78, 5) is 4.36. The molecule has 2 aromatic heterocycles. The van der Waals surface area contributed by atoms with Crippen molar-refractivity contribution in [3.05, 3.63) is 59.0 Å². The number of hydrogen-bond acceptors (Lipinski definition) is 5. The lowest BCUT2D eigenvalue weighted by atomic mass is 10.3. The van der Waals surface area contributed by atoms with Crippen LogP contribution in [0.2, 0.25) is 5.02 Å². The lowest BCUT2D eigenvalue weighted by molar-refractivity contribution is 0.600. The zero-order chi connectivity index (χ0) is 18.0. The molecule has 0 radical (unpaired) electrons. The molecule has 0 bridgehead atoms. The number of hydrogen-bond donors (Lipinski definition) is 3. The molecule has 3 aromatic rings. The minimum atomic E-state index is -3.73. The molecule has 130 valence electrons. The van der Waals surface area contributed by atoms with Gasteiger partial charge in [-0.15, -0.1) is 0 Å². The van der Waals surface area contributed by atoms with E-state index in [-0.39, 0.29) is 4.90 Å². The normalized spacial score (nSPS) is 11.3. The summed E-state index contributed by atoms with van der Waals surface area (Å²) in [5.41, 5.74) is 2.09. The molecule has 3 N–H and O–H groups in total. The number of nitrogens with one attached hydrogen (secondary N) is 3. The molecule has 0 aliphatic carbocycles. The van der Waals surface area contributed by atoms with Gasteiger partial charge in [0.2, 0.25) is 0 Å². The Morgan fingerprint density at radius 1 is 1.04 bits per heavy atom. The van der Waals surface area contributed by atoms with Crippen molar-refractivity contribution in [2.45, 2.75) is 18.7 Å². The summed E-state index contributed by atoms with van der Waals surface area (Å²) in [6, 6.07) is 10.5. The first-order valence-corrected chi connectivity index (χ1v) is 9.24. The van der Waals surface area contributed by atoms with E-state index in [1.54, 1.807) is 38.1 Å². The third kappa shape index (κ3) is 3.92. The van der Waals surface area contributed by atoms with Crippen molar-refractivity contribution >= 4 is 38.8 Å². The average molecular weight is 378 g/mol. The number of halogens is 1. The van der Waals surface area contributed by atoms with Crippen LogP contribution in [0.5, 0.6) is 0 Å². The Morgan fingerprint density at radius 3 is 2.28 bits per heavy atom. The van der Waals surface area contributed by atoms with Gasteiger partial charge in [-0.3, -0.25) is 9.82 Å². The highest BCUT2D eigenvalue weighted by atomic mass is 35.5. The van der Waals surface area contributed by atoms with Gasteiger partial charge in [-0.2, -0.15) is 5.10 Å². The van der Waals surface area contributed by atoms with Crippen LogP contribution in [0.1, 0.15) is 11.4 Å². The maximum atomic E-state index is 12.5. The maximum Gasteiger partial charge on any atom is 0.265 e. The van der Waals surface area contributed by atoms with Gasteiger partial charge in [-0.1, -0.05) is 11.6 Å². The summed E-state index contributed by atoms with van der Waals surface area (Å²) in [6.45, 7) is 3.29. The summed E-state index contributed by atoms with van der Waals surface area (Å²) in [7, 11) is -3.73. The molecule has 0 aliphatic rings. The smallest absolute Gasteiger partial charge is 0.265 e. The number of aromatic nitrogens is 3. The number of aromatic amines is 1. The molecular formula is C16H16ClN5O2S. The van der Waals surface area contributed by atoms with E-state index in [9.17, 15) is 8.42 Å². The van der Waals surface area contributed by atoms with E-state index in [4.69, 9.17) is 11.6 Å². The van der Waals surface area contributed by atoms with E-state index in [1.807, 2.05) is 12.1 Å². The van der Waals surface area contributed by atoms with Crippen LogP contribution >= 0.6 is 11.6 Å². The molecular weight excluding hydrogens is 362 g/mol. The standard InChI is InChI=1S/C16H16ClN5O2S/c1-10-16(11(2)21-20-10)25(23,24)22-14-7-8-15(18-9-14)19-13-5-3-12(17)4-6-13/h3-9,22H,1-2H3,(H,18,19)(H,20,21). The Morgan fingerprint density at radius 2 is 1.72 bits per heavy atom. The lowest BCUT2D eigenvalue weighted by Crippen LogP contribution is -2.14. The van der Waals surface area contributed by atoms with Gasteiger partial charge < -0.3 is 5.32 Å². The second-order valence-corrected chi connectivity index (χ2v) is 7.49. The molecule has 0 amide bonds. The number of benzene rings is 1. The van der Waals surface area contributed by atoms with Crippen LogP contribution in [0.4, 0.5) is 17.2 Å². The Balaban J connectivity index is 1.75. The quantitative estimate of drug-likeness (QED) is 0.630. The average Bonchev–Trinajstić information content (AvgIpc) is 2.91. The summed E-state index contributed by atoms with van der Waals surface area (Å²) in [5, 5.41) is 10.3. The number of H-pyrrole nitrogens is 1. The van der Waals surface area contributed by atoms with Gasteiger partial charge in [0, 0.05) is 10.7 Å². The van der Waals surface area contributed by atoms with E-state index in [0.717, 1.165) is 5.69 Å². The van der Waals surface area contributed by atoms with Crippen molar-refractivity contribution in [2.24, 2.45) is 0 Å². The van der Waals surface area contributed by atoms with Crippen molar-refractivity contribution in [1.82, 2.24) is 15.2 Å². The molecule has 3 rings (SSSR count). The highest BCUT2D eigenvalue weighted by molar-refractivity contribution is 7.92. The Kier molecular flexibility index (Phi) is 4.65. The van der Waals surface area contributed by atoms with Gasteiger partial charge in [0.1, 0.15) is 10.7 Å². The van der Waals surface area contributed by atoms with E-state index in [1.165, 1.54) is 6.20 Å². The van der Waals surface area contributed by atoms with Crippen molar-refractivity contribution < 1.29 is 8.42 Å². The minimum Gasteiger partial charge on any atom is -0.340 e. The van der Waals surface area contributed by atoms with Gasteiger partial charge in [-0.05, 0) is 50.2 Å². The minimum absolute atomic E-state index is 0.149. The number of pyridine rings is 1. The first kappa shape index (κ1) is 17.2. The molecule has 0 aliphatic heterocycles. The number of nitrogens with zero attached hydrogens (tertiary/aromatic N) is 2. The first-order chi connectivity index (χ1) is 11.8. The molecule has 25 heavy (non-hydrogen) atoms. The molecule has 2 heterocycles. The predicted octanol–water partition coefficient (Wildman–Crippen LogP) is 3.62. The fraction of sp³-hybridized carbons (Fsp3) is 0.125. The summed E-state index contributed by atoms with van der Waals surface area (Å²) < 4.78 is 27.5. The van der Waals surface area contributed by atoms with Crippen molar-refractivity contribution in [3.8, 4) is 0 Å². The zero-order valence-electron chi connectivity index (χ0n) is 13.5. The lowest BCUT2D eigenvalue weighted by Gasteiger charge is -2.09. The van der Waals surface area contributed by atoms with Crippen LogP contribution in [0.3, 0.4) is 0 Å². The molecule has 0 spiro atoms. The van der Waals surface area contributed by atoms with Crippen LogP contribution in [0.25, 0.3) is 0 Å². The van der Waals surface area contributed by atoms with Gasteiger partial charge >= 0.3 is 0 Å². The highest BCUT2D eigenvalue weighted by Gasteiger charge is 2.22. The van der Waals surface area contributed by atoms with Crippen molar-refractivity contribution in [2.75, 3.05) is 10.0 Å². The molecule has 0 atom stereocenters. The van der Waals surface area contributed by atoms with Gasteiger partial charge in [-0.25, -0.2) is 13.4 Å². The van der Waals surface area contributed by atoms with E-state index in [0.29, 0.717) is 27.9 Å². The van der Waals surface area contributed by atoms with E-state index >= 15 is 0 Å². The van der Waals surface area contributed by atoms with Crippen molar-refractivity contribution in [3.63, 3.8) is 0 Å². The van der Waals surface area contributed by atoms with Gasteiger partial charge in [0.25, 0.3) is 10.0 Å². The monoisotopic (exact) mass is 377 g/mol. The zero-order valence-corrected chi connectivity index (χ0v) is 15.1. The van der Waals surface area contributed by atoms with Crippen LogP contribution in [-0.4, -0.2) is 23.6 Å². The SMILES string of the molecule is Cc1n[nH]c(C)c1S(=O)(=O)Nc1ccc(Nc2ccc(Cl)cc2)nc1. The highest BCUT2D eigenvalue weighted by Crippen LogP contribution is 2.22.